The first kappa shape index (κ1) is 19.7. The first-order valence-corrected chi connectivity index (χ1v) is 8.68. The number of nitrogens with zero attached hydrogens (tertiary/aromatic N) is 2. The summed E-state index contributed by atoms with van der Waals surface area (Å²) < 4.78 is 50.2. The number of benzene rings is 2. The van der Waals surface area contributed by atoms with Crippen LogP contribution in [0.15, 0.2) is 54.7 Å². The van der Waals surface area contributed by atoms with E-state index in [1.807, 2.05) is 12.1 Å². The average molecular weight is 388 g/mol. The van der Waals surface area contributed by atoms with E-state index >= 15 is 0 Å². The summed E-state index contributed by atoms with van der Waals surface area (Å²) in [7, 11) is 0. The number of aryl methyl sites for hydroxylation is 2. The fourth-order valence-corrected chi connectivity index (χ4v) is 2.62. The second kappa shape index (κ2) is 8.29. The maximum atomic E-state index is 13.0. The van der Waals surface area contributed by atoms with E-state index in [0.29, 0.717) is 30.5 Å². The maximum absolute atomic E-state index is 13.0. The van der Waals surface area contributed by atoms with Crippen molar-refractivity contribution in [2.45, 2.75) is 26.4 Å². The van der Waals surface area contributed by atoms with Crippen molar-refractivity contribution in [3.8, 4) is 17.4 Å². The predicted molar refractivity (Wildman–Crippen MR) is 98.7 cm³/mol. The van der Waals surface area contributed by atoms with Crippen LogP contribution in [-0.2, 0) is 12.6 Å². The van der Waals surface area contributed by atoms with Crippen molar-refractivity contribution >= 4 is 0 Å². The van der Waals surface area contributed by atoms with Crippen LogP contribution < -0.4 is 9.47 Å². The highest BCUT2D eigenvalue weighted by atomic mass is 19.4. The minimum absolute atomic E-state index is 0.146. The molecule has 1 heterocycles. The summed E-state index contributed by atoms with van der Waals surface area (Å²) >= 11 is 0. The Morgan fingerprint density at radius 2 is 1.64 bits per heavy atom. The molecule has 0 N–H and O–H groups in total. The first-order valence-electron chi connectivity index (χ1n) is 8.68. The molecule has 146 valence electrons. The maximum Gasteiger partial charge on any atom is 0.416 e. The van der Waals surface area contributed by atoms with Gasteiger partial charge in [0.05, 0.1) is 12.2 Å². The van der Waals surface area contributed by atoms with Gasteiger partial charge in [-0.15, -0.1) is 0 Å². The van der Waals surface area contributed by atoms with Crippen LogP contribution in [0.4, 0.5) is 13.2 Å². The molecule has 0 saturated carbocycles. The van der Waals surface area contributed by atoms with Crippen LogP contribution in [0.2, 0.25) is 0 Å². The number of hydrogen-bond donors (Lipinski definition) is 0. The Morgan fingerprint density at radius 3 is 2.32 bits per heavy atom. The van der Waals surface area contributed by atoms with Gasteiger partial charge in [0.1, 0.15) is 17.3 Å². The summed E-state index contributed by atoms with van der Waals surface area (Å²) in [6.45, 7) is 3.66. The zero-order chi connectivity index (χ0) is 20.1. The van der Waals surface area contributed by atoms with Gasteiger partial charge in [0.2, 0.25) is 5.88 Å². The summed E-state index contributed by atoms with van der Waals surface area (Å²) in [4.78, 5) is 8.17. The Bertz CT molecular complexity index is 941. The van der Waals surface area contributed by atoms with Crippen LogP contribution in [0.1, 0.15) is 22.5 Å². The minimum Gasteiger partial charge on any atom is -0.477 e. The molecule has 7 heteroatoms. The zero-order valence-electron chi connectivity index (χ0n) is 15.5. The summed E-state index contributed by atoms with van der Waals surface area (Å²) in [6.07, 6.45) is -2.11. The average Bonchev–Trinajstić information content (AvgIpc) is 2.64. The van der Waals surface area contributed by atoms with Gasteiger partial charge >= 0.3 is 6.18 Å². The molecule has 0 aliphatic heterocycles. The highest BCUT2D eigenvalue weighted by molar-refractivity contribution is 5.39. The van der Waals surface area contributed by atoms with Crippen molar-refractivity contribution < 1.29 is 22.6 Å². The van der Waals surface area contributed by atoms with E-state index in [9.17, 15) is 13.2 Å². The van der Waals surface area contributed by atoms with Crippen molar-refractivity contribution in [1.82, 2.24) is 9.97 Å². The van der Waals surface area contributed by atoms with Gasteiger partial charge in [-0.3, -0.25) is 0 Å². The highest BCUT2D eigenvalue weighted by Crippen LogP contribution is 2.35. The fraction of sp³-hybridized carbons (Fsp3) is 0.238. The summed E-state index contributed by atoms with van der Waals surface area (Å²) in [6, 6.07) is 12.8. The van der Waals surface area contributed by atoms with Crippen LogP contribution in [0.5, 0.6) is 17.4 Å². The number of halogens is 3. The molecule has 3 rings (SSSR count). The molecule has 3 aromatic rings. The third kappa shape index (κ3) is 5.22. The lowest BCUT2D eigenvalue weighted by molar-refractivity contribution is -0.138. The molecule has 28 heavy (non-hydrogen) atoms. The Balaban J connectivity index is 1.59. The molecular formula is C21H19F3N2O2. The Hall–Kier alpha value is -3.09. The van der Waals surface area contributed by atoms with E-state index in [1.165, 1.54) is 19.1 Å². The van der Waals surface area contributed by atoms with E-state index < -0.39 is 11.7 Å². The number of aromatic nitrogens is 2. The number of rotatable bonds is 6. The third-order valence-electron chi connectivity index (χ3n) is 4.06. The SMILES string of the molecule is Cc1nccc(OCCc2ccc(Oc3ccc(C)c(C(F)(F)F)c3)cc2)n1. The molecule has 0 aliphatic carbocycles. The minimum atomic E-state index is -4.41. The number of ether oxygens (including phenoxy) is 2. The fourth-order valence-electron chi connectivity index (χ4n) is 2.62. The lowest BCUT2D eigenvalue weighted by Crippen LogP contribution is -2.07. The van der Waals surface area contributed by atoms with Crippen LogP contribution in [0, 0.1) is 13.8 Å². The predicted octanol–water partition coefficient (Wildman–Crippen LogP) is 5.53. The molecule has 1 aromatic heterocycles. The van der Waals surface area contributed by atoms with Gasteiger partial charge < -0.3 is 9.47 Å². The number of alkyl halides is 3. The van der Waals surface area contributed by atoms with Crippen LogP contribution in [-0.4, -0.2) is 16.6 Å². The molecular weight excluding hydrogens is 369 g/mol. The molecule has 0 radical (unpaired) electrons. The van der Waals surface area contributed by atoms with Gasteiger partial charge in [0.15, 0.2) is 0 Å². The lowest BCUT2D eigenvalue weighted by atomic mass is 10.1. The monoisotopic (exact) mass is 388 g/mol. The van der Waals surface area contributed by atoms with Crippen LogP contribution in [0.25, 0.3) is 0 Å². The standard InChI is InChI=1S/C21H19F3N2O2/c1-14-3-6-18(13-19(14)21(22,23)24)28-17-7-4-16(5-8-17)10-12-27-20-9-11-25-15(2)26-20/h3-9,11,13H,10,12H2,1-2H3. The molecule has 2 aromatic carbocycles. The second-order valence-electron chi connectivity index (χ2n) is 6.26. The van der Waals surface area contributed by atoms with Crippen molar-refractivity contribution in [1.29, 1.82) is 0 Å². The second-order valence-corrected chi connectivity index (χ2v) is 6.26. The van der Waals surface area contributed by atoms with Crippen molar-refractivity contribution in [2.24, 2.45) is 0 Å². The molecule has 0 saturated heterocycles. The molecule has 0 bridgehead atoms. The Kier molecular flexibility index (Phi) is 5.82. The largest absolute Gasteiger partial charge is 0.477 e. The lowest BCUT2D eigenvalue weighted by Gasteiger charge is -2.13. The van der Waals surface area contributed by atoms with Crippen molar-refractivity contribution in [2.75, 3.05) is 6.61 Å². The van der Waals surface area contributed by atoms with Gasteiger partial charge in [-0.2, -0.15) is 18.2 Å². The highest BCUT2D eigenvalue weighted by Gasteiger charge is 2.32. The van der Waals surface area contributed by atoms with E-state index in [1.54, 1.807) is 31.3 Å². The summed E-state index contributed by atoms with van der Waals surface area (Å²) in [5, 5.41) is 0. The normalized spacial score (nSPS) is 11.3. The van der Waals surface area contributed by atoms with Crippen molar-refractivity contribution in [3.05, 3.63) is 77.2 Å². The van der Waals surface area contributed by atoms with E-state index in [4.69, 9.17) is 9.47 Å². The molecule has 4 nitrogen and oxygen atoms in total. The van der Waals surface area contributed by atoms with Crippen LogP contribution in [0.3, 0.4) is 0 Å². The summed E-state index contributed by atoms with van der Waals surface area (Å²) in [5.74, 6) is 1.78. The topological polar surface area (TPSA) is 44.2 Å². The molecule has 0 unspecified atom stereocenters. The number of hydrogen-bond acceptors (Lipinski definition) is 4. The summed E-state index contributed by atoms with van der Waals surface area (Å²) in [5.41, 5.74) is 0.478. The smallest absolute Gasteiger partial charge is 0.416 e. The van der Waals surface area contributed by atoms with Crippen LogP contribution >= 0.6 is 0 Å². The first-order chi connectivity index (χ1) is 13.3. The molecule has 0 fully saturated rings. The van der Waals surface area contributed by atoms with Gasteiger partial charge in [-0.1, -0.05) is 18.2 Å². The third-order valence-corrected chi connectivity index (χ3v) is 4.06. The molecule has 0 amide bonds. The van der Waals surface area contributed by atoms with Gasteiger partial charge in [0, 0.05) is 18.7 Å². The van der Waals surface area contributed by atoms with E-state index in [-0.39, 0.29) is 11.3 Å². The van der Waals surface area contributed by atoms with Crippen molar-refractivity contribution in [3.63, 3.8) is 0 Å². The molecule has 0 aliphatic rings. The van der Waals surface area contributed by atoms with Gasteiger partial charge in [-0.05, 0) is 49.2 Å². The van der Waals surface area contributed by atoms with E-state index in [0.717, 1.165) is 11.6 Å². The van der Waals surface area contributed by atoms with E-state index in [2.05, 4.69) is 9.97 Å². The molecule has 0 atom stereocenters. The van der Waals surface area contributed by atoms with Gasteiger partial charge in [-0.25, -0.2) is 4.98 Å². The molecule has 0 spiro atoms. The Morgan fingerprint density at radius 1 is 0.929 bits per heavy atom. The Labute approximate surface area is 161 Å². The van der Waals surface area contributed by atoms with Gasteiger partial charge in [0.25, 0.3) is 0 Å². The zero-order valence-corrected chi connectivity index (χ0v) is 15.5. The quantitative estimate of drug-likeness (QED) is 0.557.